The number of para-hydroxylation sites is 4. The highest BCUT2D eigenvalue weighted by atomic mass is 16.3. The first kappa shape index (κ1) is 24.1. The summed E-state index contributed by atoms with van der Waals surface area (Å²) < 4.78 is 17.6. The van der Waals surface area contributed by atoms with E-state index in [1.165, 1.54) is 16.2 Å². The number of fused-ring (bicyclic) bond motifs is 13. The van der Waals surface area contributed by atoms with Crippen molar-refractivity contribution in [2.45, 2.75) is 0 Å². The first-order valence-electron chi connectivity index (χ1n) is 15.6. The Labute approximate surface area is 261 Å². The minimum atomic E-state index is 0.895. The Balaban J connectivity index is 1.20. The highest BCUT2D eigenvalue weighted by Crippen LogP contribution is 2.42. The monoisotopic (exact) mass is 588 g/mol. The summed E-state index contributed by atoms with van der Waals surface area (Å²) in [6, 6.07) is 51.7. The van der Waals surface area contributed by atoms with Crippen LogP contribution in [-0.2, 0) is 0 Å². The number of hydrogen-bond acceptors (Lipinski definition) is 2. The van der Waals surface area contributed by atoms with Crippen LogP contribution in [0.4, 0.5) is 0 Å². The Morgan fingerprint density at radius 2 is 0.935 bits per heavy atom. The lowest BCUT2D eigenvalue weighted by atomic mass is 10.1. The van der Waals surface area contributed by atoms with Gasteiger partial charge >= 0.3 is 0 Å². The molecule has 0 spiro atoms. The van der Waals surface area contributed by atoms with Gasteiger partial charge in [0.25, 0.3) is 0 Å². The number of benzene rings is 7. The predicted octanol–water partition coefficient (Wildman–Crippen LogP) is 11.7. The SMILES string of the molecule is c1cc(-n2c3ccccc3c3cc4c(cc32)oc2ccccc24)cc(-n2c3ccccc3c3c4oc5ccccc5c4ccc32)c1. The second-order valence-electron chi connectivity index (χ2n) is 12.1. The third-order valence-corrected chi connectivity index (χ3v) is 9.70. The van der Waals surface area contributed by atoms with Gasteiger partial charge in [0.1, 0.15) is 22.3 Å². The van der Waals surface area contributed by atoms with E-state index in [2.05, 4.69) is 137 Å². The molecule has 0 aliphatic carbocycles. The maximum absolute atomic E-state index is 6.53. The van der Waals surface area contributed by atoms with Gasteiger partial charge in [-0.05, 0) is 60.7 Å². The zero-order valence-corrected chi connectivity index (χ0v) is 24.6. The molecule has 0 fully saturated rings. The lowest BCUT2D eigenvalue weighted by Gasteiger charge is -2.12. The first-order valence-corrected chi connectivity index (χ1v) is 15.6. The zero-order valence-electron chi connectivity index (χ0n) is 24.6. The van der Waals surface area contributed by atoms with Gasteiger partial charge in [-0.25, -0.2) is 0 Å². The van der Waals surface area contributed by atoms with Gasteiger partial charge in [-0.2, -0.15) is 0 Å². The van der Waals surface area contributed by atoms with Crippen molar-refractivity contribution in [2.75, 3.05) is 0 Å². The summed E-state index contributed by atoms with van der Waals surface area (Å²) in [7, 11) is 0. The van der Waals surface area contributed by atoms with Gasteiger partial charge in [-0.15, -0.1) is 0 Å². The van der Waals surface area contributed by atoms with Crippen LogP contribution in [-0.4, -0.2) is 9.13 Å². The summed E-state index contributed by atoms with van der Waals surface area (Å²) in [5, 5.41) is 9.31. The first-order chi connectivity index (χ1) is 22.8. The quantitative estimate of drug-likeness (QED) is 0.201. The van der Waals surface area contributed by atoms with Crippen LogP contribution in [0.5, 0.6) is 0 Å². The summed E-state index contributed by atoms with van der Waals surface area (Å²) in [5.41, 5.74) is 10.4. The lowest BCUT2D eigenvalue weighted by Crippen LogP contribution is -1.98. The molecule has 0 amide bonds. The van der Waals surface area contributed by atoms with Crippen molar-refractivity contribution >= 4 is 87.5 Å². The summed E-state index contributed by atoms with van der Waals surface area (Å²) >= 11 is 0. The molecule has 0 bridgehead atoms. The van der Waals surface area contributed by atoms with Gasteiger partial charge in [-0.1, -0.05) is 78.9 Å². The van der Waals surface area contributed by atoms with E-state index in [4.69, 9.17) is 8.83 Å². The molecule has 11 aromatic rings. The molecule has 4 heterocycles. The molecule has 0 saturated carbocycles. The standard InChI is InChI=1S/C42H24N2O2/c1-5-16-34-27(12-1)32-23-33-29-14-4-7-18-38(29)45-40(33)24-37(32)44(34)26-11-9-10-25(22-26)43-35-17-6-2-15-31(35)41-36(43)21-20-30-28-13-3-8-19-39(28)46-42(30)41/h1-24H. The van der Waals surface area contributed by atoms with Crippen LogP contribution in [0.25, 0.3) is 98.9 Å². The van der Waals surface area contributed by atoms with Gasteiger partial charge in [0.15, 0.2) is 0 Å². The molecule has 7 aromatic carbocycles. The fraction of sp³-hybridized carbons (Fsp3) is 0. The minimum absolute atomic E-state index is 0.895. The summed E-state index contributed by atoms with van der Waals surface area (Å²) in [6.45, 7) is 0. The molecule has 0 N–H and O–H groups in total. The number of nitrogens with zero attached hydrogens (tertiary/aromatic N) is 2. The molecule has 4 heteroatoms. The normalized spacial score (nSPS) is 12.3. The van der Waals surface area contributed by atoms with Crippen LogP contribution >= 0.6 is 0 Å². The van der Waals surface area contributed by atoms with Crippen molar-refractivity contribution in [2.24, 2.45) is 0 Å². The molecule has 11 rings (SSSR count). The minimum Gasteiger partial charge on any atom is -0.456 e. The fourth-order valence-corrected chi connectivity index (χ4v) is 7.75. The average molecular weight is 589 g/mol. The van der Waals surface area contributed by atoms with E-state index >= 15 is 0 Å². The maximum Gasteiger partial charge on any atom is 0.145 e. The van der Waals surface area contributed by atoms with Crippen LogP contribution < -0.4 is 0 Å². The molecular weight excluding hydrogens is 564 g/mol. The van der Waals surface area contributed by atoms with Gasteiger partial charge < -0.3 is 18.0 Å². The zero-order chi connectivity index (χ0) is 29.9. The highest BCUT2D eigenvalue weighted by Gasteiger charge is 2.20. The Hall–Kier alpha value is -6.26. The van der Waals surface area contributed by atoms with Gasteiger partial charge in [0.05, 0.1) is 27.5 Å². The van der Waals surface area contributed by atoms with Crippen molar-refractivity contribution in [1.82, 2.24) is 9.13 Å². The van der Waals surface area contributed by atoms with Crippen molar-refractivity contribution in [3.63, 3.8) is 0 Å². The second-order valence-corrected chi connectivity index (χ2v) is 12.1. The van der Waals surface area contributed by atoms with E-state index in [9.17, 15) is 0 Å². The molecule has 0 atom stereocenters. The van der Waals surface area contributed by atoms with Crippen LogP contribution in [0.2, 0.25) is 0 Å². The maximum atomic E-state index is 6.53. The largest absolute Gasteiger partial charge is 0.456 e. The molecule has 0 unspecified atom stereocenters. The van der Waals surface area contributed by atoms with E-state index in [1.807, 2.05) is 18.2 Å². The highest BCUT2D eigenvalue weighted by molar-refractivity contribution is 6.24. The molecule has 46 heavy (non-hydrogen) atoms. The van der Waals surface area contributed by atoms with Crippen LogP contribution in [0.1, 0.15) is 0 Å². The molecular formula is C42H24N2O2. The Bertz CT molecular complexity index is 3010. The van der Waals surface area contributed by atoms with Crippen LogP contribution in [0.3, 0.4) is 0 Å². The average Bonchev–Trinajstić information content (AvgIpc) is 3.84. The molecule has 214 valence electrons. The van der Waals surface area contributed by atoms with E-state index in [0.29, 0.717) is 0 Å². The van der Waals surface area contributed by atoms with E-state index < -0.39 is 0 Å². The fourth-order valence-electron chi connectivity index (χ4n) is 7.75. The lowest BCUT2D eigenvalue weighted by molar-refractivity contribution is 0.669. The topological polar surface area (TPSA) is 36.1 Å². The second kappa shape index (κ2) is 8.68. The molecule has 0 saturated heterocycles. The predicted molar refractivity (Wildman–Crippen MR) is 190 cm³/mol. The van der Waals surface area contributed by atoms with Crippen LogP contribution in [0.15, 0.2) is 154 Å². The summed E-state index contributed by atoms with van der Waals surface area (Å²) in [4.78, 5) is 0. The van der Waals surface area contributed by atoms with Gasteiger partial charge in [-0.3, -0.25) is 0 Å². The third kappa shape index (κ3) is 3.07. The summed E-state index contributed by atoms with van der Waals surface area (Å²) in [6.07, 6.45) is 0. The van der Waals surface area contributed by atoms with Crippen molar-refractivity contribution in [3.8, 4) is 11.4 Å². The third-order valence-electron chi connectivity index (χ3n) is 9.70. The van der Waals surface area contributed by atoms with Gasteiger partial charge in [0.2, 0.25) is 0 Å². The van der Waals surface area contributed by atoms with Crippen molar-refractivity contribution in [3.05, 3.63) is 146 Å². The smallest absolute Gasteiger partial charge is 0.145 e. The van der Waals surface area contributed by atoms with Crippen molar-refractivity contribution < 1.29 is 8.83 Å². The molecule has 0 aliphatic rings. The number of aromatic nitrogens is 2. The Kier molecular flexibility index (Phi) is 4.55. The Morgan fingerprint density at radius 3 is 1.72 bits per heavy atom. The molecule has 4 aromatic heterocycles. The van der Waals surface area contributed by atoms with Gasteiger partial charge in [0, 0.05) is 55.1 Å². The van der Waals surface area contributed by atoms with E-state index in [-0.39, 0.29) is 0 Å². The van der Waals surface area contributed by atoms with E-state index in [0.717, 1.165) is 82.7 Å². The van der Waals surface area contributed by atoms with Crippen molar-refractivity contribution in [1.29, 1.82) is 0 Å². The Morgan fingerprint density at radius 1 is 0.326 bits per heavy atom. The molecule has 0 aliphatic heterocycles. The van der Waals surface area contributed by atoms with E-state index in [1.54, 1.807) is 0 Å². The number of furan rings is 2. The van der Waals surface area contributed by atoms with Crippen LogP contribution in [0, 0.1) is 0 Å². The molecule has 4 nitrogen and oxygen atoms in total. The molecule has 0 radical (unpaired) electrons. The number of hydrogen-bond donors (Lipinski definition) is 0. The summed E-state index contributed by atoms with van der Waals surface area (Å²) in [5.74, 6) is 0. The number of rotatable bonds is 2.